The molecule has 0 saturated carbocycles. The van der Waals surface area contributed by atoms with E-state index in [1.54, 1.807) is 0 Å². The molecular weight excluding hydrogens is 452 g/mol. The molecule has 0 amide bonds. The maximum Gasteiger partial charge on any atom is 3.00 e. The van der Waals surface area contributed by atoms with Crippen molar-refractivity contribution in [3.63, 3.8) is 0 Å². The molecule has 0 saturated heterocycles. The van der Waals surface area contributed by atoms with Gasteiger partial charge in [-0.25, -0.2) is 0 Å². The predicted octanol–water partition coefficient (Wildman–Crippen LogP) is 0.518. The van der Waals surface area contributed by atoms with Crippen molar-refractivity contribution in [3.05, 3.63) is 0 Å². The van der Waals surface area contributed by atoms with Gasteiger partial charge in [-0.05, 0) is 56.3 Å². The fourth-order valence-electron chi connectivity index (χ4n) is 1.87. The molecular formula is C18H33CeO6. The van der Waals surface area contributed by atoms with Gasteiger partial charge >= 0.3 is 41.7 Å². The van der Waals surface area contributed by atoms with Gasteiger partial charge in [-0.1, -0.05) is 41.5 Å². The van der Waals surface area contributed by atoms with Crippen LogP contribution >= 0.6 is 0 Å². The minimum Gasteiger partial charge on any atom is -0.550 e. The molecule has 0 rings (SSSR count). The Kier molecular flexibility index (Phi) is 28.3. The third-order valence-electron chi connectivity index (χ3n) is 3.96. The number of aliphatic carboxylic acids is 3. The van der Waals surface area contributed by atoms with Gasteiger partial charge in [-0.3, -0.25) is 0 Å². The average Bonchev–Trinajstić information content (AvgIpc) is 2.51. The molecule has 0 heterocycles. The van der Waals surface area contributed by atoms with Gasteiger partial charge in [0.2, 0.25) is 0 Å². The molecule has 25 heavy (non-hydrogen) atoms. The van der Waals surface area contributed by atoms with Crippen molar-refractivity contribution in [1.82, 2.24) is 0 Å². The minimum atomic E-state index is -0.921. The molecule has 145 valence electrons. The zero-order chi connectivity index (χ0) is 19.7. The average molecular weight is 486 g/mol. The van der Waals surface area contributed by atoms with Crippen LogP contribution in [0.5, 0.6) is 0 Å². The number of carbonyl (C=O) groups excluding carboxylic acids is 3. The predicted molar refractivity (Wildman–Crippen MR) is 87.2 cm³/mol. The second kappa shape index (κ2) is 21.8. The van der Waals surface area contributed by atoms with Crippen LogP contribution in [0.3, 0.4) is 0 Å². The number of rotatable bonds is 9. The monoisotopic (exact) mass is 485 g/mol. The van der Waals surface area contributed by atoms with Crippen LogP contribution < -0.4 is 15.3 Å². The van der Waals surface area contributed by atoms with Crippen LogP contribution in [-0.4, -0.2) is 17.9 Å². The molecule has 0 aliphatic carbocycles. The summed E-state index contributed by atoms with van der Waals surface area (Å²) >= 11 is 0. The Balaban J connectivity index is -0.000000130. The van der Waals surface area contributed by atoms with Crippen LogP contribution in [0.4, 0.5) is 0 Å². The van der Waals surface area contributed by atoms with E-state index < -0.39 is 17.9 Å². The fraction of sp³-hybridized carbons (Fsp3) is 0.833. The van der Waals surface area contributed by atoms with Gasteiger partial charge in [0.1, 0.15) is 0 Å². The van der Waals surface area contributed by atoms with E-state index in [1.165, 1.54) is 0 Å². The molecule has 6 nitrogen and oxygen atoms in total. The quantitative estimate of drug-likeness (QED) is 0.470. The van der Waals surface area contributed by atoms with Gasteiger partial charge in [0.25, 0.3) is 0 Å². The molecule has 0 aliphatic heterocycles. The smallest absolute Gasteiger partial charge is 0.550 e. The van der Waals surface area contributed by atoms with E-state index in [4.69, 9.17) is 0 Å². The zero-order valence-electron chi connectivity index (χ0n) is 16.4. The molecule has 0 aliphatic rings. The largest absolute Gasteiger partial charge is 3.00 e. The van der Waals surface area contributed by atoms with Gasteiger partial charge < -0.3 is 29.7 Å². The van der Waals surface area contributed by atoms with Crippen molar-refractivity contribution in [2.45, 2.75) is 80.1 Å². The van der Waals surface area contributed by atoms with Crippen LogP contribution in [0.2, 0.25) is 0 Å². The SMILES string of the molecule is CCC(CC)C(=O)[O-].CCC(CC)C(=O)[O-].CCC(CC)C(=O)[O-].[Ce+3]. The van der Waals surface area contributed by atoms with Crippen molar-refractivity contribution in [1.29, 1.82) is 0 Å². The summed E-state index contributed by atoms with van der Waals surface area (Å²) in [7, 11) is 0. The molecule has 0 N–H and O–H groups in total. The molecule has 0 aromatic heterocycles. The summed E-state index contributed by atoms with van der Waals surface area (Å²) in [4.78, 5) is 30.2. The van der Waals surface area contributed by atoms with E-state index in [2.05, 4.69) is 0 Å². The van der Waals surface area contributed by atoms with Gasteiger partial charge in [0.15, 0.2) is 0 Å². The van der Waals surface area contributed by atoms with E-state index in [1.807, 2.05) is 41.5 Å². The van der Waals surface area contributed by atoms with Crippen molar-refractivity contribution in [2.75, 3.05) is 0 Å². The number of hydrogen-bond donors (Lipinski definition) is 0. The number of carboxylic acid groups (broad SMARTS) is 3. The Morgan fingerprint density at radius 3 is 0.640 bits per heavy atom. The first-order valence-corrected chi connectivity index (χ1v) is 8.78. The van der Waals surface area contributed by atoms with Gasteiger partial charge in [-0.15, -0.1) is 0 Å². The second-order valence-electron chi connectivity index (χ2n) is 5.50. The van der Waals surface area contributed by atoms with Crippen molar-refractivity contribution < 1.29 is 71.5 Å². The number of hydrogen-bond acceptors (Lipinski definition) is 6. The molecule has 0 bridgehead atoms. The molecule has 0 spiro atoms. The standard InChI is InChI=1S/3C6H12O2.Ce/c3*1-3-5(4-2)6(7)8;/h3*5H,3-4H2,1-2H3,(H,7,8);/q;;;+3/p-3. The first-order valence-electron chi connectivity index (χ1n) is 8.78. The van der Waals surface area contributed by atoms with Crippen LogP contribution in [0.1, 0.15) is 80.1 Å². The Labute approximate surface area is 186 Å². The summed E-state index contributed by atoms with van der Waals surface area (Å²) in [5.41, 5.74) is 0. The van der Waals surface area contributed by atoms with E-state index in [0.29, 0.717) is 38.5 Å². The van der Waals surface area contributed by atoms with Crippen molar-refractivity contribution in [2.24, 2.45) is 17.8 Å². The van der Waals surface area contributed by atoms with E-state index in [-0.39, 0.29) is 59.5 Å². The molecule has 0 atom stereocenters. The number of carboxylic acids is 3. The minimum absolute atomic E-state index is 0. The summed E-state index contributed by atoms with van der Waals surface area (Å²) in [5.74, 6) is -3.49. The van der Waals surface area contributed by atoms with Crippen LogP contribution in [-0.2, 0) is 14.4 Å². The third-order valence-corrected chi connectivity index (χ3v) is 3.96. The Morgan fingerprint density at radius 1 is 0.520 bits per heavy atom. The maximum absolute atomic E-state index is 10.1. The summed E-state index contributed by atoms with van der Waals surface area (Å²) in [5, 5.41) is 30.2. The summed E-state index contributed by atoms with van der Waals surface area (Å²) < 4.78 is 0. The van der Waals surface area contributed by atoms with Crippen LogP contribution in [0, 0.1) is 59.5 Å². The topological polar surface area (TPSA) is 120 Å². The number of carbonyl (C=O) groups is 3. The van der Waals surface area contributed by atoms with Crippen molar-refractivity contribution >= 4 is 17.9 Å². The van der Waals surface area contributed by atoms with E-state index >= 15 is 0 Å². The summed E-state index contributed by atoms with van der Waals surface area (Å²) in [6.07, 6.45) is 4.08. The first kappa shape index (κ1) is 32.5. The van der Waals surface area contributed by atoms with Crippen LogP contribution in [0.15, 0.2) is 0 Å². The van der Waals surface area contributed by atoms with Gasteiger partial charge in [-0.2, -0.15) is 0 Å². The molecule has 0 aromatic carbocycles. The third kappa shape index (κ3) is 20.0. The summed E-state index contributed by atoms with van der Waals surface area (Å²) in [6, 6.07) is 0. The van der Waals surface area contributed by atoms with Gasteiger partial charge in [0, 0.05) is 17.9 Å². The second-order valence-corrected chi connectivity index (χ2v) is 5.50. The Hall–Kier alpha value is -0.213. The molecule has 0 fully saturated rings. The first-order chi connectivity index (χ1) is 11.2. The maximum atomic E-state index is 10.1. The fourth-order valence-corrected chi connectivity index (χ4v) is 1.87. The van der Waals surface area contributed by atoms with Gasteiger partial charge in [0.05, 0.1) is 0 Å². The van der Waals surface area contributed by atoms with E-state index in [0.717, 1.165) is 0 Å². The van der Waals surface area contributed by atoms with Crippen molar-refractivity contribution in [3.8, 4) is 0 Å². The zero-order valence-corrected chi connectivity index (χ0v) is 19.6. The molecule has 1 radical (unpaired) electrons. The molecule has 0 unspecified atom stereocenters. The summed E-state index contributed by atoms with van der Waals surface area (Å²) in [6.45, 7) is 11.1. The van der Waals surface area contributed by atoms with Crippen LogP contribution in [0.25, 0.3) is 0 Å². The Morgan fingerprint density at radius 2 is 0.640 bits per heavy atom. The normalized spacial score (nSPS) is 9.48. The van der Waals surface area contributed by atoms with E-state index in [9.17, 15) is 29.7 Å². The molecule has 7 heteroatoms. The Bertz CT molecular complexity index is 282. The molecule has 0 aromatic rings.